The minimum Gasteiger partial charge on any atom is -0.454 e. The van der Waals surface area contributed by atoms with Gasteiger partial charge in [-0.05, 0) is 19.1 Å². The summed E-state index contributed by atoms with van der Waals surface area (Å²) in [5.74, 6) is 1.52. The van der Waals surface area contributed by atoms with Crippen molar-refractivity contribution in [2.75, 3.05) is 18.7 Å². The van der Waals surface area contributed by atoms with Crippen LogP contribution in [0.25, 0.3) is 0 Å². The Balaban J connectivity index is 2.05. The van der Waals surface area contributed by atoms with Crippen LogP contribution in [0.3, 0.4) is 0 Å². The highest BCUT2D eigenvalue weighted by Gasteiger charge is 2.12. The first-order valence-electron chi connectivity index (χ1n) is 4.57. The molecule has 2 N–H and O–H groups in total. The fourth-order valence-corrected chi connectivity index (χ4v) is 1.27. The Morgan fingerprint density at radius 3 is 3.00 bits per heavy atom. The molecular weight excluding hydrogens is 182 g/mol. The van der Waals surface area contributed by atoms with Crippen molar-refractivity contribution in [1.82, 2.24) is 0 Å². The van der Waals surface area contributed by atoms with E-state index < -0.39 is 0 Å². The molecule has 1 atom stereocenters. The van der Waals surface area contributed by atoms with E-state index in [4.69, 9.17) is 14.6 Å². The summed E-state index contributed by atoms with van der Waals surface area (Å²) in [5, 5.41) is 12.2. The summed E-state index contributed by atoms with van der Waals surface area (Å²) in [6.07, 6.45) is -0.361. The molecule has 4 heteroatoms. The van der Waals surface area contributed by atoms with Crippen LogP contribution in [0.1, 0.15) is 6.92 Å². The van der Waals surface area contributed by atoms with E-state index in [-0.39, 0.29) is 12.9 Å². The van der Waals surface area contributed by atoms with Crippen LogP contribution in [0.5, 0.6) is 11.5 Å². The molecule has 0 radical (unpaired) electrons. The summed E-state index contributed by atoms with van der Waals surface area (Å²) in [4.78, 5) is 0. The predicted molar refractivity (Wildman–Crippen MR) is 52.7 cm³/mol. The zero-order chi connectivity index (χ0) is 9.97. The van der Waals surface area contributed by atoms with E-state index >= 15 is 0 Å². The average Bonchev–Trinajstić information content (AvgIpc) is 2.61. The standard InChI is InChI=1S/C10H13NO3/c1-7(12)5-11-8-2-3-9-10(4-8)14-6-13-9/h2-4,7,11-12H,5-6H2,1H3. The lowest BCUT2D eigenvalue weighted by atomic mass is 10.2. The lowest BCUT2D eigenvalue weighted by Gasteiger charge is -2.08. The molecule has 0 saturated carbocycles. The molecule has 0 aliphatic carbocycles. The average molecular weight is 195 g/mol. The minimum absolute atomic E-state index is 0.287. The molecule has 2 rings (SSSR count). The van der Waals surface area contributed by atoms with E-state index in [2.05, 4.69) is 5.32 Å². The second-order valence-corrected chi connectivity index (χ2v) is 3.30. The van der Waals surface area contributed by atoms with Crippen molar-refractivity contribution in [3.63, 3.8) is 0 Å². The van der Waals surface area contributed by atoms with Crippen LogP contribution in [0, 0.1) is 0 Å². The van der Waals surface area contributed by atoms with Gasteiger partial charge in [-0.2, -0.15) is 0 Å². The van der Waals surface area contributed by atoms with Crippen molar-refractivity contribution in [2.45, 2.75) is 13.0 Å². The molecule has 1 aromatic carbocycles. The fourth-order valence-electron chi connectivity index (χ4n) is 1.27. The van der Waals surface area contributed by atoms with Crippen molar-refractivity contribution >= 4 is 5.69 Å². The molecule has 0 saturated heterocycles. The van der Waals surface area contributed by atoms with E-state index in [0.717, 1.165) is 17.2 Å². The van der Waals surface area contributed by atoms with E-state index in [1.165, 1.54) is 0 Å². The predicted octanol–water partition coefficient (Wildman–Crippen LogP) is 1.21. The molecule has 1 aliphatic heterocycles. The van der Waals surface area contributed by atoms with Crippen molar-refractivity contribution in [1.29, 1.82) is 0 Å². The number of aliphatic hydroxyl groups is 1. The van der Waals surface area contributed by atoms with Gasteiger partial charge >= 0.3 is 0 Å². The molecular formula is C10H13NO3. The third kappa shape index (κ3) is 1.90. The summed E-state index contributed by atoms with van der Waals surface area (Å²) in [6.45, 7) is 2.55. The molecule has 1 aromatic rings. The normalized spacial score (nSPS) is 15.3. The zero-order valence-electron chi connectivity index (χ0n) is 7.99. The first-order valence-corrected chi connectivity index (χ1v) is 4.57. The van der Waals surface area contributed by atoms with Crippen molar-refractivity contribution in [3.05, 3.63) is 18.2 Å². The van der Waals surface area contributed by atoms with Gasteiger partial charge < -0.3 is 19.9 Å². The summed E-state index contributed by atoms with van der Waals surface area (Å²) in [6, 6.07) is 5.62. The van der Waals surface area contributed by atoms with Crippen LogP contribution < -0.4 is 14.8 Å². The molecule has 14 heavy (non-hydrogen) atoms. The van der Waals surface area contributed by atoms with Crippen molar-refractivity contribution < 1.29 is 14.6 Å². The van der Waals surface area contributed by atoms with Gasteiger partial charge in [-0.25, -0.2) is 0 Å². The fraction of sp³-hybridized carbons (Fsp3) is 0.400. The number of anilines is 1. The number of ether oxygens (including phenoxy) is 2. The third-order valence-corrected chi connectivity index (χ3v) is 1.97. The minimum atomic E-state index is -0.361. The number of hydrogen-bond acceptors (Lipinski definition) is 4. The molecule has 0 aromatic heterocycles. The maximum atomic E-state index is 9.09. The highest BCUT2D eigenvalue weighted by molar-refractivity contribution is 5.55. The number of hydrogen-bond donors (Lipinski definition) is 2. The van der Waals surface area contributed by atoms with Crippen LogP contribution >= 0.6 is 0 Å². The van der Waals surface area contributed by atoms with E-state index in [0.29, 0.717) is 6.54 Å². The molecule has 1 aliphatic rings. The Labute approximate surface area is 82.5 Å². The van der Waals surface area contributed by atoms with Gasteiger partial charge in [0, 0.05) is 18.3 Å². The summed E-state index contributed by atoms with van der Waals surface area (Å²) in [7, 11) is 0. The van der Waals surface area contributed by atoms with Crippen LogP contribution in [0.15, 0.2) is 18.2 Å². The smallest absolute Gasteiger partial charge is 0.231 e. The molecule has 76 valence electrons. The molecule has 4 nitrogen and oxygen atoms in total. The Morgan fingerprint density at radius 2 is 2.21 bits per heavy atom. The maximum Gasteiger partial charge on any atom is 0.231 e. The van der Waals surface area contributed by atoms with Crippen LogP contribution in [-0.2, 0) is 0 Å². The molecule has 0 bridgehead atoms. The van der Waals surface area contributed by atoms with Crippen LogP contribution in [0.4, 0.5) is 5.69 Å². The summed E-state index contributed by atoms with van der Waals surface area (Å²) < 4.78 is 10.4. The van der Waals surface area contributed by atoms with Gasteiger partial charge in [0.05, 0.1) is 6.10 Å². The van der Waals surface area contributed by atoms with Crippen LogP contribution in [-0.4, -0.2) is 24.5 Å². The molecule has 1 unspecified atom stereocenters. The molecule has 0 amide bonds. The Kier molecular flexibility index (Phi) is 2.45. The van der Waals surface area contributed by atoms with Crippen molar-refractivity contribution in [3.8, 4) is 11.5 Å². The van der Waals surface area contributed by atoms with Crippen LogP contribution in [0.2, 0.25) is 0 Å². The first-order chi connectivity index (χ1) is 6.75. The Hall–Kier alpha value is -1.42. The maximum absolute atomic E-state index is 9.09. The summed E-state index contributed by atoms with van der Waals surface area (Å²) >= 11 is 0. The topological polar surface area (TPSA) is 50.7 Å². The number of nitrogens with one attached hydrogen (secondary N) is 1. The highest BCUT2D eigenvalue weighted by atomic mass is 16.7. The summed E-state index contributed by atoms with van der Waals surface area (Å²) in [5.41, 5.74) is 0.926. The van der Waals surface area contributed by atoms with Crippen molar-refractivity contribution in [2.24, 2.45) is 0 Å². The second kappa shape index (κ2) is 3.75. The van der Waals surface area contributed by atoms with Gasteiger partial charge in [-0.1, -0.05) is 0 Å². The van der Waals surface area contributed by atoms with Gasteiger partial charge in [0.15, 0.2) is 11.5 Å². The largest absolute Gasteiger partial charge is 0.454 e. The Morgan fingerprint density at radius 1 is 1.43 bits per heavy atom. The van der Waals surface area contributed by atoms with E-state index in [9.17, 15) is 0 Å². The quantitative estimate of drug-likeness (QED) is 0.761. The number of rotatable bonds is 3. The van der Waals surface area contributed by atoms with Gasteiger partial charge in [0.2, 0.25) is 6.79 Å². The number of aliphatic hydroxyl groups excluding tert-OH is 1. The van der Waals surface area contributed by atoms with E-state index in [1.54, 1.807) is 6.92 Å². The SMILES string of the molecule is CC(O)CNc1ccc2c(c1)OCO2. The Bertz CT molecular complexity index is 325. The van der Waals surface area contributed by atoms with E-state index in [1.807, 2.05) is 18.2 Å². The second-order valence-electron chi connectivity index (χ2n) is 3.30. The first kappa shape index (κ1) is 9.15. The van der Waals surface area contributed by atoms with Gasteiger partial charge in [-0.15, -0.1) is 0 Å². The molecule has 1 heterocycles. The number of fused-ring (bicyclic) bond motifs is 1. The monoisotopic (exact) mass is 195 g/mol. The van der Waals surface area contributed by atoms with Gasteiger partial charge in [0.1, 0.15) is 0 Å². The van der Waals surface area contributed by atoms with Gasteiger partial charge in [0.25, 0.3) is 0 Å². The lowest BCUT2D eigenvalue weighted by molar-refractivity contribution is 0.174. The number of benzene rings is 1. The third-order valence-electron chi connectivity index (χ3n) is 1.97. The highest BCUT2D eigenvalue weighted by Crippen LogP contribution is 2.34. The molecule has 0 fully saturated rings. The zero-order valence-corrected chi connectivity index (χ0v) is 7.99. The van der Waals surface area contributed by atoms with Gasteiger partial charge in [-0.3, -0.25) is 0 Å². The molecule has 0 spiro atoms. The lowest BCUT2D eigenvalue weighted by Crippen LogP contribution is -2.15.